The van der Waals surface area contributed by atoms with Crippen molar-refractivity contribution >= 4 is 11.6 Å². The van der Waals surface area contributed by atoms with Crippen LogP contribution in [0.4, 0.5) is 5.69 Å². The van der Waals surface area contributed by atoms with Crippen molar-refractivity contribution in [3.63, 3.8) is 0 Å². The quantitative estimate of drug-likeness (QED) is 0.826. The summed E-state index contributed by atoms with van der Waals surface area (Å²) in [7, 11) is 4.02. The maximum atomic E-state index is 12.1. The van der Waals surface area contributed by atoms with Crippen LogP contribution in [0.5, 0.6) is 0 Å². The first-order chi connectivity index (χ1) is 7.68. The van der Waals surface area contributed by atoms with Crippen LogP contribution < -0.4 is 5.32 Å². The molecule has 16 heavy (non-hydrogen) atoms. The maximum absolute atomic E-state index is 12.1. The molecule has 0 atom stereocenters. The maximum Gasteiger partial charge on any atom is 0.257 e. The normalized spacial score (nSPS) is 14.9. The first kappa shape index (κ1) is 11.0. The van der Waals surface area contributed by atoms with Gasteiger partial charge >= 0.3 is 0 Å². The van der Waals surface area contributed by atoms with Crippen molar-refractivity contribution in [3.05, 3.63) is 29.8 Å². The third-order valence-electron chi connectivity index (χ3n) is 2.72. The van der Waals surface area contributed by atoms with E-state index in [1.54, 1.807) is 0 Å². The van der Waals surface area contributed by atoms with Gasteiger partial charge in [-0.1, -0.05) is 12.1 Å². The molecule has 0 saturated carbocycles. The van der Waals surface area contributed by atoms with Crippen LogP contribution in [0.1, 0.15) is 10.4 Å². The predicted octanol–water partition coefficient (Wildman–Crippen LogP) is 1.07. The lowest BCUT2D eigenvalue weighted by molar-refractivity contribution is 0.0748. The van der Waals surface area contributed by atoms with Gasteiger partial charge in [-0.05, 0) is 26.2 Å². The SMILES string of the molecule is CN(C)CCN1CNc2ccccc2C1=O. The summed E-state index contributed by atoms with van der Waals surface area (Å²) in [4.78, 5) is 16.0. The number of para-hydroxylation sites is 1. The Bertz CT molecular complexity index is 390. The first-order valence-corrected chi connectivity index (χ1v) is 5.45. The van der Waals surface area contributed by atoms with Crippen molar-refractivity contribution in [2.75, 3.05) is 39.2 Å². The number of amides is 1. The zero-order valence-corrected chi connectivity index (χ0v) is 9.73. The Morgan fingerprint density at radius 1 is 1.38 bits per heavy atom. The average molecular weight is 219 g/mol. The fraction of sp³-hybridized carbons (Fsp3) is 0.417. The predicted molar refractivity (Wildman–Crippen MR) is 64.5 cm³/mol. The van der Waals surface area contributed by atoms with E-state index in [0.29, 0.717) is 6.67 Å². The molecule has 4 nitrogen and oxygen atoms in total. The highest BCUT2D eigenvalue weighted by atomic mass is 16.2. The van der Waals surface area contributed by atoms with Gasteiger partial charge in [0.25, 0.3) is 5.91 Å². The van der Waals surface area contributed by atoms with Gasteiger partial charge in [0, 0.05) is 18.8 Å². The van der Waals surface area contributed by atoms with E-state index in [2.05, 4.69) is 10.2 Å². The van der Waals surface area contributed by atoms with Gasteiger partial charge < -0.3 is 15.1 Å². The largest absolute Gasteiger partial charge is 0.367 e. The second kappa shape index (κ2) is 4.53. The number of carbonyl (C=O) groups is 1. The Morgan fingerprint density at radius 3 is 2.88 bits per heavy atom. The fourth-order valence-electron chi connectivity index (χ4n) is 1.75. The molecule has 0 unspecified atom stereocenters. The molecule has 1 heterocycles. The minimum atomic E-state index is 0.121. The standard InChI is InChI=1S/C12H17N3O/c1-14(2)7-8-15-9-13-11-6-4-3-5-10(11)12(15)16/h3-6,13H,7-9H2,1-2H3. The molecule has 0 aliphatic carbocycles. The van der Waals surface area contributed by atoms with Gasteiger partial charge in [-0.2, -0.15) is 0 Å². The molecule has 1 N–H and O–H groups in total. The van der Waals surface area contributed by atoms with Gasteiger partial charge in [0.05, 0.1) is 12.2 Å². The van der Waals surface area contributed by atoms with Gasteiger partial charge in [-0.3, -0.25) is 4.79 Å². The van der Waals surface area contributed by atoms with Crippen molar-refractivity contribution in [1.82, 2.24) is 9.80 Å². The molecule has 4 heteroatoms. The van der Waals surface area contributed by atoms with Crippen LogP contribution >= 0.6 is 0 Å². The molecule has 1 amide bonds. The Kier molecular flexibility index (Phi) is 3.10. The van der Waals surface area contributed by atoms with Crippen LogP contribution in [0, 0.1) is 0 Å². The number of rotatable bonds is 3. The second-order valence-corrected chi connectivity index (χ2v) is 4.25. The average Bonchev–Trinajstić information content (AvgIpc) is 2.28. The number of likely N-dealkylation sites (N-methyl/N-ethyl adjacent to an activating group) is 1. The molecule has 0 spiro atoms. The molecule has 2 rings (SSSR count). The van der Waals surface area contributed by atoms with Crippen LogP contribution in [-0.2, 0) is 0 Å². The van der Waals surface area contributed by atoms with E-state index < -0.39 is 0 Å². The fourth-order valence-corrected chi connectivity index (χ4v) is 1.75. The Labute approximate surface area is 95.8 Å². The lowest BCUT2D eigenvalue weighted by Gasteiger charge is -2.30. The lowest BCUT2D eigenvalue weighted by atomic mass is 10.1. The van der Waals surface area contributed by atoms with Crippen LogP contribution in [-0.4, -0.2) is 49.6 Å². The highest BCUT2D eigenvalue weighted by Crippen LogP contribution is 2.20. The van der Waals surface area contributed by atoms with Crippen LogP contribution in [0.25, 0.3) is 0 Å². The van der Waals surface area contributed by atoms with Gasteiger partial charge in [-0.15, -0.1) is 0 Å². The molecular weight excluding hydrogens is 202 g/mol. The van der Waals surface area contributed by atoms with E-state index in [4.69, 9.17) is 0 Å². The van der Waals surface area contributed by atoms with E-state index in [1.807, 2.05) is 43.3 Å². The molecule has 0 saturated heterocycles. The molecule has 0 fully saturated rings. The summed E-state index contributed by atoms with van der Waals surface area (Å²) >= 11 is 0. The number of benzene rings is 1. The summed E-state index contributed by atoms with van der Waals surface area (Å²) in [6, 6.07) is 7.64. The minimum Gasteiger partial charge on any atom is -0.367 e. The van der Waals surface area contributed by atoms with E-state index in [0.717, 1.165) is 24.3 Å². The van der Waals surface area contributed by atoms with Crippen molar-refractivity contribution in [3.8, 4) is 0 Å². The summed E-state index contributed by atoms with van der Waals surface area (Å²) in [5, 5.41) is 3.25. The first-order valence-electron chi connectivity index (χ1n) is 5.45. The Balaban J connectivity index is 2.09. The molecular formula is C12H17N3O. The second-order valence-electron chi connectivity index (χ2n) is 4.25. The third-order valence-corrected chi connectivity index (χ3v) is 2.72. The van der Waals surface area contributed by atoms with Crippen LogP contribution in [0.15, 0.2) is 24.3 Å². The number of hydrogen-bond acceptors (Lipinski definition) is 3. The van der Waals surface area contributed by atoms with Crippen molar-refractivity contribution < 1.29 is 4.79 Å². The molecule has 1 aliphatic rings. The van der Waals surface area contributed by atoms with Gasteiger partial charge in [0.2, 0.25) is 0 Å². The monoisotopic (exact) mass is 219 g/mol. The summed E-state index contributed by atoms with van der Waals surface area (Å²) in [6.07, 6.45) is 0. The number of fused-ring (bicyclic) bond motifs is 1. The molecule has 86 valence electrons. The van der Waals surface area contributed by atoms with Crippen molar-refractivity contribution in [2.45, 2.75) is 0 Å². The Morgan fingerprint density at radius 2 is 2.12 bits per heavy atom. The van der Waals surface area contributed by atoms with Crippen molar-refractivity contribution in [2.24, 2.45) is 0 Å². The zero-order valence-electron chi connectivity index (χ0n) is 9.73. The van der Waals surface area contributed by atoms with Gasteiger partial charge in [0.1, 0.15) is 0 Å². The van der Waals surface area contributed by atoms with E-state index in [-0.39, 0.29) is 5.91 Å². The minimum absolute atomic E-state index is 0.121. The van der Waals surface area contributed by atoms with E-state index in [9.17, 15) is 4.79 Å². The van der Waals surface area contributed by atoms with Crippen LogP contribution in [0.3, 0.4) is 0 Å². The highest BCUT2D eigenvalue weighted by Gasteiger charge is 2.22. The summed E-state index contributed by atoms with van der Waals surface area (Å²) < 4.78 is 0. The van der Waals surface area contributed by atoms with Crippen LogP contribution in [0.2, 0.25) is 0 Å². The Hall–Kier alpha value is -1.55. The molecule has 0 bridgehead atoms. The molecule has 1 aromatic carbocycles. The highest BCUT2D eigenvalue weighted by molar-refractivity contribution is 6.01. The number of hydrogen-bond donors (Lipinski definition) is 1. The zero-order chi connectivity index (χ0) is 11.5. The molecule has 1 aromatic rings. The summed E-state index contributed by atoms with van der Waals surface area (Å²) in [5.41, 5.74) is 1.71. The molecule has 0 radical (unpaired) electrons. The molecule has 1 aliphatic heterocycles. The number of nitrogens with one attached hydrogen (secondary N) is 1. The van der Waals surface area contributed by atoms with Gasteiger partial charge in [0.15, 0.2) is 0 Å². The third kappa shape index (κ3) is 2.17. The lowest BCUT2D eigenvalue weighted by Crippen LogP contribution is -2.43. The summed E-state index contributed by atoms with van der Waals surface area (Å²) in [6.45, 7) is 2.24. The number of anilines is 1. The molecule has 0 aromatic heterocycles. The smallest absolute Gasteiger partial charge is 0.257 e. The van der Waals surface area contributed by atoms with E-state index in [1.165, 1.54) is 0 Å². The van der Waals surface area contributed by atoms with E-state index >= 15 is 0 Å². The summed E-state index contributed by atoms with van der Waals surface area (Å²) in [5.74, 6) is 0.121. The topological polar surface area (TPSA) is 35.6 Å². The van der Waals surface area contributed by atoms with Crippen molar-refractivity contribution in [1.29, 1.82) is 0 Å². The van der Waals surface area contributed by atoms with Gasteiger partial charge in [-0.25, -0.2) is 0 Å². The number of nitrogens with zero attached hydrogens (tertiary/aromatic N) is 2. The number of carbonyl (C=O) groups excluding carboxylic acids is 1.